The quantitative estimate of drug-likeness (QED) is 0.596. The molecule has 0 radical (unpaired) electrons. The summed E-state index contributed by atoms with van der Waals surface area (Å²) in [7, 11) is -0.431. The first kappa shape index (κ1) is 23.0. The van der Waals surface area contributed by atoms with Gasteiger partial charge >= 0.3 is 5.97 Å². The first-order valence-electron chi connectivity index (χ1n) is 9.03. The Bertz CT molecular complexity index is 687. The van der Waals surface area contributed by atoms with E-state index in [9.17, 15) is 9.59 Å². The zero-order chi connectivity index (χ0) is 21.0. The van der Waals surface area contributed by atoms with Crippen LogP contribution < -0.4 is 14.6 Å². The fraction of sp³-hybridized carbons (Fsp3) is 0.600. The summed E-state index contributed by atoms with van der Waals surface area (Å²) in [6.45, 7) is 16.0. The molecule has 0 unspecified atom stereocenters. The highest BCUT2D eigenvalue weighted by Gasteiger charge is 2.39. The standard InChI is InChI=1S/C20H33NO5Si/c1-19(2,3)18(23)25-21-17(22)13-14-10-11-15(16(12-14)24-7)26-27(8,9)20(4,5)6/h10-12H,13H2,1-9H3,(H,21,22). The lowest BCUT2D eigenvalue weighted by Gasteiger charge is -2.36. The Balaban J connectivity index is 2.83. The van der Waals surface area contributed by atoms with E-state index in [1.807, 2.05) is 12.1 Å². The third-order valence-electron chi connectivity index (χ3n) is 4.63. The predicted molar refractivity (Wildman–Crippen MR) is 108 cm³/mol. The van der Waals surface area contributed by atoms with E-state index < -0.39 is 25.6 Å². The Morgan fingerprint density at radius 1 is 1.04 bits per heavy atom. The molecule has 1 aromatic carbocycles. The second kappa shape index (κ2) is 8.33. The van der Waals surface area contributed by atoms with Crippen molar-refractivity contribution in [3.8, 4) is 11.5 Å². The van der Waals surface area contributed by atoms with Crippen molar-refractivity contribution in [1.82, 2.24) is 5.48 Å². The van der Waals surface area contributed by atoms with E-state index in [4.69, 9.17) is 14.0 Å². The number of hydroxylamine groups is 1. The van der Waals surface area contributed by atoms with Crippen LogP contribution in [0.3, 0.4) is 0 Å². The number of carbonyl (C=O) groups excluding carboxylic acids is 2. The minimum atomic E-state index is -2.00. The highest BCUT2D eigenvalue weighted by Crippen LogP contribution is 2.40. The van der Waals surface area contributed by atoms with E-state index in [2.05, 4.69) is 39.3 Å². The van der Waals surface area contributed by atoms with Crippen LogP contribution in [0.4, 0.5) is 0 Å². The minimum absolute atomic E-state index is 0.0630. The van der Waals surface area contributed by atoms with Crippen molar-refractivity contribution in [2.24, 2.45) is 5.41 Å². The molecule has 0 aliphatic heterocycles. The number of hydrogen-bond donors (Lipinski definition) is 1. The summed E-state index contributed by atoms with van der Waals surface area (Å²) >= 11 is 0. The molecule has 0 saturated carbocycles. The maximum atomic E-state index is 12.0. The second-order valence-corrected chi connectivity index (χ2v) is 13.9. The van der Waals surface area contributed by atoms with Crippen LogP contribution in [-0.4, -0.2) is 27.3 Å². The average molecular weight is 396 g/mol. The molecule has 7 heteroatoms. The predicted octanol–water partition coefficient (Wildman–Crippen LogP) is 4.24. The van der Waals surface area contributed by atoms with Crippen molar-refractivity contribution in [3.63, 3.8) is 0 Å². The molecule has 0 aliphatic rings. The summed E-state index contributed by atoms with van der Waals surface area (Å²) < 4.78 is 11.8. The molecule has 1 amide bonds. The van der Waals surface area contributed by atoms with E-state index >= 15 is 0 Å². The van der Waals surface area contributed by atoms with Gasteiger partial charge in [-0.05, 0) is 56.6 Å². The highest BCUT2D eigenvalue weighted by atomic mass is 28.4. The molecule has 0 saturated heterocycles. The Labute approximate surface area is 163 Å². The van der Waals surface area contributed by atoms with E-state index in [1.165, 1.54) is 0 Å². The number of benzene rings is 1. The van der Waals surface area contributed by atoms with Gasteiger partial charge in [-0.2, -0.15) is 5.48 Å². The van der Waals surface area contributed by atoms with Crippen molar-refractivity contribution < 1.29 is 23.6 Å². The van der Waals surface area contributed by atoms with E-state index in [1.54, 1.807) is 33.9 Å². The molecule has 0 atom stereocenters. The zero-order valence-electron chi connectivity index (χ0n) is 18.0. The smallest absolute Gasteiger partial charge is 0.337 e. The Morgan fingerprint density at radius 2 is 1.63 bits per heavy atom. The summed E-state index contributed by atoms with van der Waals surface area (Å²) in [5.74, 6) is 0.350. The maximum Gasteiger partial charge on any atom is 0.337 e. The van der Waals surface area contributed by atoms with Gasteiger partial charge in [0.05, 0.1) is 18.9 Å². The fourth-order valence-corrected chi connectivity index (χ4v) is 2.84. The normalized spacial score (nSPS) is 12.3. The monoisotopic (exact) mass is 395 g/mol. The molecule has 0 spiro atoms. The Morgan fingerprint density at radius 3 is 2.11 bits per heavy atom. The summed E-state index contributed by atoms with van der Waals surface area (Å²) in [6, 6.07) is 5.41. The number of nitrogens with one attached hydrogen (secondary N) is 1. The number of carbonyl (C=O) groups is 2. The average Bonchev–Trinajstić information content (AvgIpc) is 2.51. The number of rotatable bonds is 5. The number of amides is 1. The molecular weight excluding hydrogens is 362 g/mol. The molecule has 152 valence electrons. The van der Waals surface area contributed by atoms with Gasteiger partial charge in [0.15, 0.2) is 5.75 Å². The van der Waals surface area contributed by atoms with Crippen LogP contribution in [-0.2, 0) is 20.8 Å². The molecule has 0 aromatic heterocycles. The molecule has 27 heavy (non-hydrogen) atoms. The van der Waals surface area contributed by atoms with Crippen LogP contribution in [0, 0.1) is 5.41 Å². The fourth-order valence-electron chi connectivity index (χ4n) is 1.81. The molecular formula is C20H33NO5Si. The van der Waals surface area contributed by atoms with Crippen molar-refractivity contribution in [2.45, 2.75) is 66.1 Å². The third kappa shape index (κ3) is 6.57. The zero-order valence-corrected chi connectivity index (χ0v) is 19.0. The molecule has 1 rings (SSSR count). The summed E-state index contributed by atoms with van der Waals surface area (Å²) in [5, 5.41) is 0.0630. The lowest BCUT2D eigenvalue weighted by atomic mass is 9.98. The Hall–Kier alpha value is -2.02. The first-order valence-corrected chi connectivity index (χ1v) is 11.9. The van der Waals surface area contributed by atoms with Crippen LogP contribution in [0.5, 0.6) is 11.5 Å². The van der Waals surface area contributed by atoms with Gasteiger partial charge in [-0.25, -0.2) is 4.79 Å². The van der Waals surface area contributed by atoms with Gasteiger partial charge in [0, 0.05) is 0 Å². The SMILES string of the molecule is COc1cc(CC(=O)NOC(=O)C(C)(C)C)ccc1O[Si](C)(C)C(C)(C)C. The summed E-state index contributed by atoms with van der Waals surface area (Å²) in [5.41, 5.74) is 2.25. The van der Waals surface area contributed by atoms with Gasteiger partial charge in [-0.3, -0.25) is 4.79 Å². The van der Waals surface area contributed by atoms with Crippen molar-refractivity contribution in [3.05, 3.63) is 23.8 Å². The van der Waals surface area contributed by atoms with Gasteiger partial charge in [0.25, 0.3) is 14.2 Å². The molecule has 1 aromatic rings. The van der Waals surface area contributed by atoms with Crippen molar-refractivity contribution in [1.29, 1.82) is 0 Å². The summed E-state index contributed by atoms with van der Waals surface area (Å²) in [6.07, 6.45) is 0.0636. The van der Waals surface area contributed by atoms with Crippen LogP contribution in [0.2, 0.25) is 18.1 Å². The second-order valence-electron chi connectivity index (χ2n) is 9.19. The Kier molecular flexibility index (Phi) is 7.10. The van der Waals surface area contributed by atoms with Crippen LogP contribution in [0.15, 0.2) is 18.2 Å². The van der Waals surface area contributed by atoms with E-state index in [0.29, 0.717) is 11.5 Å². The number of hydrogen-bond acceptors (Lipinski definition) is 5. The number of ether oxygens (including phenoxy) is 1. The van der Waals surface area contributed by atoms with Gasteiger partial charge in [0.1, 0.15) is 5.75 Å². The minimum Gasteiger partial charge on any atom is -0.541 e. The molecule has 6 nitrogen and oxygen atoms in total. The summed E-state index contributed by atoms with van der Waals surface area (Å²) in [4.78, 5) is 28.6. The van der Waals surface area contributed by atoms with E-state index in [-0.39, 0.29) is 11.5 Å². The first-order chi connectivity index (χ1) is 12.2. The van der Waals surface area contributed by atoms with E-state index in [0.717, 1.165) is 5.56 Å². The van der Waals surface area contributed by atoms with Gasteiger partial charge in [0.2, 0.25) is 0 Å². The van der Waals surface area contributed by atoms with Crippen molar-refractivity contribution >= 4 is 20.2 Å². The topological polar surface area (TPSA) is 73.9 Å². The van der Waals surface area contributed by atoms with Gasteiger partial charge in [-0.1, -0.05) is 26.8 Å². The maximum absolute atomic E-state index is 12.0. The molecule has 1 N–H and O–H groups in total. The lowest BCUT2D eigenvalue weighted by Crippen LogP contribution is -2.43. The highest BCUT2D eigenvalue weighted by molar-refractivity contribution is 6.74. The molecule has 0 fully saturated rings. The third-order valence-corrected chi connectivity index (χ3v) is 8.98. The molecule has 0 heterocycles. The van der Waals surface area contributed by atoms with Crippen LogP contribution in [0.25, 0.3) is 0 Å². The molecule has 0 aliphatic carbocycles. The molecule has 0 bridgehead atoms. The van der Waals surface area contributed by atoms with Crippen molar-refractivity contribution in [2.75, 3.05) is 7.11 Å². The van der Waals surface area contributed by atoms with Gasteiger partial charge in [-0.15, -0.1) is 0 Å². The van der Waals surface area contributed by atoms with Gasteiger partial charge < -0.3 is 14.0 Å². The largest absolute Gasteiger partial charge is 0.541 e. The van der Waals surface area contributed by atoms with Crippen LogP contribution in [0.1, 0.15) is 47.1 Å². The van der Waals surface area contributed by atoms with Crippen LogP contribution >= 0.6 is 0 Å². The lowest BCUT2D eigenvalue weighted by molar-refractivity contribution is -0.165. The number of methoxy groups -OCH3 is 1.